The Morgan fingerprint density at radius 3 is 1.94 bits per heavy atom. The van der Waals surface area contributed by atoms with Crippen LogP contribution >= 0.6 is 0 Å². The zero-order valence-corrected chi connectivity index (χ0v) is 20.2. The molecule has 3 aromatic carbocycles. The molecule has 4 nitrogen and oxygen atoms in total. The molecule has 1 unspecified atom stereocenters. The van der Waals surface area contributed by atoms with Crippen molar-refractivity contribution >= 4 is 0 Å². The molecule has 4 aromatic rings. The van der Waals surface area contributed by atoms with Crippen LogP contribution in [0.1, 0.15) is 35.4 Å². The first kappa shape index (κ1) is 25.5. The summed E-state index contributed by atoms with van der Waals surface area (Å²) in [4.78, 5) is 6.54. The molecule has 0 spiro atoms. The molecule has 0 fully saturated rings. The summed E-state index contributed by atoms with van der Waals surface area (Å²) in [5.41, 5.74) is 3.02. The summed E-state index contributed by atoms with van der Waals surface area (Å²) in [6, 6.07) is 26.3. The number of hydrogen-bond acceptors (Lipinski definition) is 4. The minimum Gasteiger partial charge on any atom is -0.494 e. The van der Waals surface area contributed by atoms with E-state index in [4.69, 9.17) is 4.74 Å². The Bertz CT molecular complexity index is 1180. The lowest BCUT2D eigenvalue weighted by atomic mass is 9.95. The van der Waals surface area contributed by atoms with Crippen LogP contribution in [-0.4, -0.2) is 27.6 Å². The smallest absolute Gasteiger partial charge is 0.126 e. The van der Waals surface area contributed by atoms with Crippen LogP contribution in [-0.2, 0) is 19.5 Å². The molecule has 0 aliphatic rings. The second-order valence-corrected chi connectivity index (χ2v) is 8.72. The summed E-state index contributed by atoms with van der Waals surface area (Å²) in [5, 5.41) is 11.7. The highest BCUT2D eigenvalue weighted by Gasteiger charge is 2.29. The third kappa shape index (κ3) is 6.97. The molecule has 2 atom stereocenters. The number of aromatic nitrogens is 1. The standard InChI is InChI=1S/C30H30F2N2O2/c1-2-36-27-13-14-33-28(19-27)30(35)29(17-24-15-25(31)18-26(32)16-24)34(20-22-9-5-3-6-10-22)21-23-11-7-4-8-12-23/h3-16,18-19,29-30,35H,2,17,20-21H2,1H3/t29?,30-/m1/s1. The first-order chi connectivity index (χ1) is 17.5. The summed E-state index contributed by atoms with van der Waals surface area (Å²) in [6.07, 6.45) is 0.779. The number of pyridine rings is 1. The first-order valence-corrected chi connectivity index (χ1v) is 12.1. The van der Waals surface area contributed by atoms with Gasteiger partial charge in [-0.1, -0.05) is 60.7 Å². The van der Waals surface area contributed by atoms with E-state index in [1.165, 1.54) is 12.1 Å². The maximum Gasteiger partial charge on any atom is 0.126 e. The first-order valence-electron chi connectivity index (χ1n) is 12.1. The predicted molar refractivity (Wildman–Crippen MR) is 136 cm³/mol. The van der Waals surface area contributed by atoms with Gasteiger partial charge in [0.15, 0.2) is 0 Å². The number of hydrogen-bond donors (Lipinski definition) is 1. The topological polar surface area (TPSA) is 45.6 Å². The maximum absolute atomic E-state index is 14.1. The molecular formula is C30H30F2N2O2. The fraction of sp³-hybridized carbons (Fsp3) is 0.233. The summed E-state index contributed by atoms with van der Waals surface area (Å²) in [5.74, 6) is -0.686. The van der Waals surface area contributed by atoms with Gasteiger partial charge in [-0.05, 0) is 48.2 Å². The zero-order chi connectivity index (χ0) is 25.3. The Hall–Kier alpha value is -3.61. The molecule has 4 rings (SSSR count). The van der Waals surface area contributed by atoms with Gasteiger partial charge in [-0.25, -0.2) is 8.78 Å². The minimum atomic E-state index is -1.04. The molecular weight excluding hydrogens is 458 g/mol. The van der Waals surface area contributed by atoms with E-state index >= 15 is 0 Å². The summed E-state index contributed by atoms with van der Waals surface area (Å²) >= 11 is 0. The molecule has 0 aliphatic heterocycles. The van der Waals surface area contributed by atoms with Gasteiger partial charge >= 0.3 is 0 Å². The molecule has 0 bridgehead atoms. The summed E-state index contributed by atoms with van der Waals surface area (Å²) < 4.78 is 33.8. The average molecular weight is 489 g/mol. The Morgan fingerprint density at radius 1 is 0.806 bits per heavy atom. The van der Waals surface area contributed by atoms with E-state index in [1.807, 2.05) is 67.6 Å². The van der Waals surface area contributed by atoms with Gasteiger partial charge < -0.3 is 9.84 Å². The van der Waals surface area contributed by atoms with E-state index in [1.54, 1.807) is 18.3 Å². The summed E-state index contributed by atoms with van der Waals surface area (Å²) in [7, 11) is 0. The Balaban J connectivity index is 1.74. The van der Waals surface area contributed by atoms with Crippen molar-refractivity contribution in [1.29, 1.82) is 0 Å². The number of aliphatic hydroxyl groups is 1. The third-order valence-corrected chi connectivity index (χ3v) is 6.02. The molecule has 1 aromatic heterocycles. The Morgan fingerprint density at radius 2 is 1.39 bits per heavy atom. The predicted octanol–water partition coefficient (Wildman–Crippen LogP) is 6.11. The normalized spacial score (nSPS) is 12.9. The molecule has 1 heterocycles. The minimum absolute atomic E-state index is 0.218. The molecule has 6 heteroatoms. The maximum atomic E-state index is 14.1. The van der Waals surface area contributed by atoms with Crippen LogP contribution in [0.15, 0.2) is 97.2 Å². The molecule has 0 amide bonds. The third-order valence-electron chi connectivity index (χ3n) is 6.02. The van der Waals surface area contributed by atoms with Crippen LogP contribution < -0.4 is 4.74 Å². The SMILES string of the molecule is CCOc1ccnc([C@@H](O)C(Cc2cc(F)cc(F)c2)N(Cc2ccccc2)Cc2ccccc2)c1. The van der Waals surface area contributed by atoms with Crippen LogP contribution in [0, 0.1) is 11.6 Å². The number of benzene rings is 3. The molecule has 0 aliphatic carbocycles. The largest absolute Gasteiger partial charge is 0.494 e. The van der Waals surface area contributed by atoms with Crippen molar-refractivity contribution in [3.8, 4) is 5.75 Å². The number of nitrogens with zero attached hydrogens (tertiary/aromatic N) is 2. The van der Waals surface area contributed by atoms with E-state index in [-0.39, 0.29) is 6.42 Å². The van der Waals surface area contributed by atoms with Crippen LogP contribution in [0.4, 0.5) is 8.78 Å². The van der Waals surface area contributed by atoms with E-state index in [0.717, 1.165) is 17.2 Å². The van der Waals surface area contributed by atoms with Gasteiger partial charge in [-0.3, -0.25) is 9.88 Å². The summed E-state index contributed by atoms with van der Waals surface area (Å²) in [6.45, 7) is 3.43. The highest BCUT2D eigenvalue weighted by atomic mass is 19.1. The molecule has 186 valence electrons. The lowest BCUT2D eigenvalue weighted by Gasteiger charge is -2.35. The fourth-order valence-electron chi connectivity index (χ4n) is 4.38. The van der Waals surface area contributed by atoms with Crippen molar-refractivity contribution in [2.24, 2.45) is 0 Å². The Labute approximate surface area is 210 Å². The fourth-order valence-corrected chi connectivity index (χ4v) is 4.38. The van der Waals surface area contributed by atoms with E-state index in [0.29, 0.717) is 36.7 Å². The number of aliphatic hydroxyl groups excluding tert-OH is 1. The van der Waals surface area contributed by atoms with Crippen molar-refractivity contribution in [3.63, 3.8) is 0 Å². The number of rotatable bonds is 11. The zero-order valence-electron chi connectivity index (χ0n) is 20.2. The molecule has 1 N–H and O–H groups in total. The van der Waals surface area contributed by atoms with Crippen molar-refractivity contribution in [1.82, 2.24) is 9.88 Å². The van der Waals surface area contributed by atoms with Crippen LogP contribution in [0.25, 0.3) is 0 Å². The highest BCUT2D eigenvalue weighted by molar-refractivity contribution is 5.27. The second kappa shape index (κ2) is 12.4. The van der Waals surface area contributed by atoms with Crippen molar-refractivity contribution in [2.45, 2.75) is 38.6 Å². The van der Waals surface area contributed by atoms with E-state index in [9.17, 15) is 13.9 Å². The van der Waals surface area contributed by atoms with Crippen LogP contribution in [0.5, 0.6) is 5.75 Å². The van der Waals surface area contributed by atoms with Gasteiger partial charge in [0.25, 0.3) is 0 Å². The van der Waals surface area contributed by atoms with E-state index in [2.05, 4.69) is 9.88 Å². The van der Waals surface area contributed by atoms with Crippen LogP contribution in [0.2, 0.25) is 0 Å². The van der Waals surface area contributed by atoms with Gasteiger partial charge in [0.2, 0.25) is 0 Å². The highest BCUT2D eigenvalue weighted by Crippen LogP contribution is 2.28. The monoisotopic (exact) mass is 488 g/mol. The van der Waals surface area contributed by atoms with Gasteiger partial charge in [-0.2, -0.15) is 0 Å². The van der Waals surface area contributed by atoms with Crippen molar-refractivity contribution < 1.29 is 18.6 Å². The van der Waals surface area contributed by atoms with Crippen molar-refractivity contribution in [2.75, 3.05) is 6.61 Å². The van der Waals surface area contributed by atoms with Crippen LogP contribution in [0.3, 0.4) is 0 Å². The molecule has 36 heavy (non-hydrogen) atoms. The second-order valence-electron chi connectivity index (χ2n) is 8.72. The molecule has 0 saturated carbocycles. The number of ether oxygens (including phenoxy) is 1. The lowest BCUT2D eigenvalue weighted by Crippen LogP contribution is -2.41. The molecule has 0 saturated heterocycles. The molecule has 0 radical (unpaired) electrons. The van der Waals surface area contributed by atoms with Gasteiger partial charge in [-0.15, -0.1) is 0 Å². The Kier molecular flexibility index (Phi) is 8.76. The number of halogens is 2. The average Bonchev–Trinajstić information content (AvgIpc) is 2.88. The van der Waals surface area contributed by atoms with Crippen molar-refractivity contribution in [3.05, 3.63) is 131 Å². The van der Waals surface area contributed by atoms with Gasteiger partial charge in [0.1, 0.15) is 23.5 Å². The lowest BCUT2D eigenvalue weighted by molar-refractivity contribution is 0.0354. The van der Waals surface area contributed by atoms with E-state index < -0.39 is 23.8 Å². The van der Waals surface area contributed by atoms with Gasteiger partial charge in [0.05, 0.1) is 12.3 Å². The quantitative estimate of drug-likeness (QED) is 0.277. The van der Waals surface area contributed by atoms with Gasteiger partial charge in [0, 0.05) is 37.5 Å².